The number of nitrogens with zero attached hydrogens (tertiary/aromatic N) is 1. The molecule has 0 aromatic heterocycles. The minimum absolute atomic E-state index is 0.136. The summed E-state index contributed by atoms with van der Waals surface area (Å²) in [7, 11) is 0. The number of alkyl halides is 2. The van der Waals surface area contributed by atoms with Crippen LogP contribution >= 0.6 is 0 Å². The van der Waals surface area contributed by atoms with E-state index in [4.69, 9.17) is 0 Å². The van der Waals surface area contributed by atoms with Crippen LogP contribution in [0.2, 0.25) is 0 Å². The molecule has 1 rings (SSSR count). The summed E-state index contributed by atoms with van der Waals surface area (Å²) in [6.07, 6.45) is 2.99. The third-order valence-electron chi connectivity index (χ3n) is 2.95. The van der Waals surface area contributed by atoms with E-state index in [1.165, 1.54) is 12.1 Å². The summed E-state index contributed by atoms with van der Waals surface area (Å²) in [5, 5.41) is 12.3. The van der Waals surface area contributed by atoms with Crippen molar-refractivity contribution in [1.82, 2.24) is 5.32 Å². The largest absolute Gasteiger partial charge is 0.435 e. The highest BCUT2D eigenvalue weighted by Gasteiger charge is 2.21. The van der Waals surface area contributed by atoms with Crippen molar-refractivity contribution in [3.63, 3.8) is 0 Å². The molecule has 1 N–H and O–H groups in total. The first-order chi connectivity index (χ1) is 9.49. The van der Waals surface area contributed by atoms with Crippen molar-refractivity contribution >= 4 is 0 Å². The fourth-order valence-electron chi connectivity index (χ4n) is 1.71. The lowest BCUT2D eigenvalue weighted by atomic mass is 9.94. The molecule has 0 amide bonds. The van der Waals surface area contributed by atoms with Crippen molar-refractivity contribution < 1.29 is 13.5 Å². The van der Waals surface area contributed by atoms with Crippen molar-refractivity contribution in [1.29, 1.82) is 5.26 Å². The monoisotopic (exact) mass is 280 g/mol. The molecular weight excluding hydrogens is 262 g/mol. The highest BCUT2D eigenvalue weighted by molar-refractivity contribution is 5.27. The number of ether oxygens (including phenoxy) is 1. The first-order valence-corrected chi connectivity index (χ1v) is 6.30. The average Bonchev–Trinajstić information content (AvgIpc) is 2.44. The Hall–Kier alpha value is -1.93. The molecule has 1 unspecified atom stereocenters. The summed E-state index contributed by atoms with van der Waals surface area (Å²) in [6, 6.07) is 8.69. The van der Waals surface area contributed by atoms with Gasteiger partial charge in [-0.25, -0.2) is 0 Å². The minimum Gasteiger partial charge on any atom is -0.435 e. The number of nitriles is 1. The second-order valence-electron chi connectivity index (χ2n) is 4.64. The quantitative estimate of drug-likeness (QED) is 0.743. The van der Waals surface area contributed by atoms with E-state index >= 15 is 0 Å². The molecular formula is C15H18F2N2O. The van der Waals surface area contributed by atoms with Crippen molar-refractivity contribution in [3.05, 3.63) is 42.5 Å². The predicted molar refractivity (Wildman–Crippen MR) is 73.6 cm³/mol. The van der Waals surface area contributed by atoms with Crippen molar-refractivity contribution in [2.24, 2.45) is 0 Å². The standard InChI is InChI=1S/C15H18F2N2O/c1-3-10-19-15(2,11-18)9-8-12-4-6-13(7-5-12)20-14(16)17/h3-7,14,19H,1,8-10H2,2H3. The topological polar surface area (TPSA) is 45.0 Å². The number of hydrogen-bond acceptors (Lipinski definition) is 3. The Labute approximate surface area is 117 Å². The van der Waals surface area contributed by atoms with Crippen LogP contribution in [0.1, 0.15) is 18.9 Å². The van der Waals surface area contributed by atoms with Gasteiger partial charge in [-0.05, 0) is 37.5 Å². The molecule has 3 nitrogen and oxygen atoms in total. The summed E-state index contributed by atoms with van der Waals surface area (Å²) in [6.45, 7) is 3.17. The fourth-order valence-corrected chi connectivity index (χ4v) is 1.71. The smallest absolute Gasteiger partial charge is 0.387 e. The molecule has 0 aliphatic carbocycles. The number of aryl methyl sites for hydroxylation is 1. The van der Waals surface area contributed by atoms with E-state index in [0.29, 0.717) is 19.4 Å². The van der Waals surface area contributed by atoms with E-state index in [1.807, 2.05) is 6.92 Å². The van der Waals surface area contributed by atoms with E-state index in [-0.39, 0.29) is 5.75 Å². The van der Waals surface area contributed by atoms with Crippen LogP contribution in [0.25, 0.3) is 0 Å². The Morgan fingerprint density at radius 2 is 2.10 bits per heavy atom. The van der Waals surface area contributed by atoms with Gasteiger partial charge in [-0.2, -0.15) is 14.0 Å². The van der Waals surface area contributed by atoms with Crippen molar-refractivity contribution in [2.45, 2.75) is 31.9 Å². The molecule has 1 atom stereocenters. The van der Waals surface area contributed by atoms with Crippen LogP contribution in [0.5, 0.6) is 5.75 Å². The molecule has 5 heteroatoms. The Morgan fingerprint density at radius 1 is 1.45 bits per heavy atom. The van der Waals surface area contributed by atoms with Crippen LogP contribution in [-0.4, -0.2) is 18.7 Å². The van der Waals surface area contributed by atoms with E-state index in [1.54, 1.807) is 18.2 Å². The van der Waals surface area contributed by atoms with Gasteiger partial charge in [0.25, 0.3) is 0 Å². The molecule has 0 heterocycles. The van der Waals surface area contributed by atoms with Crippen molar-refractivity contribution in [3.8, 4) is 11.8 Å². The highest BCUT2D eigenvalue weighted by atomic mass is 19.3. The van der Waals surface area contributed by atoms with Crippen LogP contribution in [0.4, 0.5) is 8.78 Å². The number of rotatable bonds is 8. The van der Waals surface area contributed by atoms with Crippen molar-refractivity contribution in [2.75, 3.05) is 6.54 Å². The third-order valence-corrected chi connectivity index (χ3v) is 2.95. The summed E-state index contributed by atoms with van der Waals surface area (Å²) >= 11 is 0. The second-order valence-corrected chi connectivity index (χ2v) is 4.64. The maximum Gasteiger partial charge on any atom is 0.387 e. The van der Waals surface area contributed by atoms with Gasteiger partial charge in [-0.3, -0.25) is 5.32 Å². The van der Waals surface area contributed by atoms with Crippen LogP contribution in [0, 0.1) is 11.3 Å². The molecule has 0 aliphatic heterocycles. The van der Waals surface area contributed by atoms with E-state index in [9.17, 15) is 14.0 Å². The molecule has 0 saturated carbocycles. The molecule has 20 heavy (non-hydrogen) atoms. The van der Waals surface area contributed by atoms with E-state index in [2.05, 4.69) is 22.7 Å². The van der Waals surface area contributed by atoms with Gasteiger partial charge in [-0.15, -0.1) is 6.58 Å². The lowest BCUT2D eigenvalue weighted by Crippen LogP contribution is -2.41. The molecule has 0 spiro atoms. The zero-order chi connectivity index (χ0) is 15.0. The summed E-state index contributed by atoms with van der Waals surface area (Å²) in [5.74, 6) is 0.136. The fraction of sp³-hybridized carbons (Fsp3) is 0.400. The Balaban J connectivity index is 2.56. The van der Waals surface area contributed by atoms with Gasteiger partial charge in [-0.1, -0.05) is 18.2 Å². The van der Waals surface area contributed by atoms with E-state index in [0.717, 1.165) is 5.56 Å². The minimum atomic E-state index is -2.81. The van der Waals surface area contributed by atoms with Gasteiger partial charge in [0.05, 0.1) is 6.07 Å². The normalized spacial score (nSPS) is 13.6. The number of halogens is 2. The number of hydrogen-bond donors (Lipinski definition) is 1. The van der Waals surface area contributed by atoms with Gasteiger partial charge < -0.3 is 4.74 Å². The van der Waals surface area contributed by atoms with Crippen LogP contribution in [0.3, 0.4) is 0 Å². The Bertz CT molecular complexity index is 468. The van der Waals surface area contributed by atoms with Gasteiger partial charge in [0.1, 0.15) is 11.3 Å². The van der Waals surface area contributed by atoms with Crippen LogP contribution in [-0.2, 0) is 6.42 Å². The third kappa shape index (κ3) is 5.37. The Kier molecular flexibility index (Phi) is 6.13. The molecule has 0 fully saturated rings. The Morgan fingerprint density at radius 3 is 2.60 bits per heavy atom. The van der Waals surface area contributed by atoms with Crippen LogP contribution in [0.15, 0.2) is 36.9 Å². The highest BCUT2D eigenvalue weighted by Crippen LogP contribution is 2.18. The van der Waals surface area contributed by atoms with Crippen LogP contribution < -0.4 is 10.1 Å². The zero-order valence-electron chi connectivity index (χ0n) is 11.4. The lowest BCUT2D eigenvalue weighted by molar-refractivity contribution is -0.0498. The molecule has 0 bridgehead atoms. The predicted octanol–water partition coefficient (Wildman–Crippen LogP) is 3.28. The van der Waals surface area contributed by atoms with Gasteiger partial charge in [0, 0.05) is 6.54 Å². The summed E-state index contributed by atoms with van der Waals surface area (Å²) in [5.41, 5.74) is 0.334. The SMILES string of the molecule is C=CCNC(C)(C#N)CCc1ccc(OC(F)F)cc1. The van der Waals surface area contributed by atoms with E-state index < -0.39 is 12.2 Å². The average molecular weight is 280 g/mol. The molecule has 0 saturated heterocycles. The molecule has 108 valence electrons. The first kappa shape index (κ1) is 16.1. The molecule has 1 aromatic rings. The number of benzene rings is 1. The lowest BCUT2D eigenvalue weighted by Gasteiger charge is -2.22. The molecule has 0 radical (unpaired) electrons. The molecule has 0 aliphatic rings. The number of nitrogens with one attached hydrogen (secondary N) is 1. The second kappa shape index (κ2) is 7.61. The maximum atomic E-state index is 12.0. The van der Waals surface area contributed by atoms with Gasteiger partial charge >= 0.3 is 6.61 Å². The summed E-state index contributed by atoms with van der Waals surface area (Å²) < 4.78 is 28.3. The maximum absolute atomic E-state index is 12.0. The molecule has 1 aromatic carbocycles. The van der Waals surface area contributed by atoms with Gasteiger partial charge in [0.15, 0.2) is 0 Å². The summed E-state index contributed by atoms with van der Waals surface area (Å²) in [4.78, 5) is 0. The van der Waals surface area contributed by atoms with Gasteiger partial charge in [0.2, 0.25) is 0 Å². The first-order valence-electron chi connectivity index (χ1n) is 6.30. The zero-order valence-corrected chi connectivity index (χ0v) is 11.4.